The number of carboxylic acids is 1. The van der Waals surface area contributed by atoms with Crippen molar-refractivity contribution < 1.29 is 14.7 Å². The number of carbonyl (C=O) groups is 2. The summed E-state index contributed by atoms with van der Waals surface area (Å²) in [5.74, 6) is -1.41. The van der Waals surface area contributed by atoms with Crippen LogP contribution in [0.25, 0.3) is 0 Å². The van der Waals surface area contributed by atoms with E-state index in [1.165, 1.54) is 12.3 Å². The van der Waals surface area contributed by atoms with Gasteiger partial charge in [-0.1, -0.05) is 0 Å². The summed E-state index contributed by atoms with van der Waals surface area (Å²) in [6.07, 6.45) is 1.40. The van der Waals surface area contributed by atoms with Gasteiger partial charge in [0.2, 0.25) is 0 Å². The van der Waals surface area contributed by atoms with Crippen LogP contribution in [0.5, 0.6) is 0 Å². The molecule has 0 saturated carbocycles. The summed E-state index contributed by atoms with van der Waals surface area (Å²) in [6, 6.07) is 1.48. The molecule has 2 heterocycles. The molecular weight excluding hydrogens is 354 g/mol. The van der Waals surface area contributed by atoms with Gasteiger partial charge in [0.15, 0.2) is 0 Å². The Hall–Kier alpha value is -2.16. The van der Waals surface area contributed by atoms with Crippen LogP contribution >= 0.6 is 15.9 Å². The molecule has 1 amide bonds. The second kappa shape index (κ2) is 6.73. The number of rotatable bonds is 6. The van der Waals surface area contributed by atoms with Crippen molar-refractivity contribution in [2.24, 2.45) is 0 Å². The average Bonchev–Trinajstić information content (AvgIpc) is 2.99. The van der Waals surface area contributed by atoms with Gasteiger partial charge in [-0.3, -0.25) is 14.3 Å². The maximum Gasteiger partial charge on any atom is 0.325 e. The van der Waals surface area contributed by atoms with Crippen LogP contribution in [0.1, 0.15) is 21.9 Å². The average molecular weight is 370 g/mol. The Morgan fingerprint density at radius 2 is 2.09 bits per heavy atom. The Bertz CT molecular complexity index is 707. The first kappa shape index (κ1) is 16.2. The van der Waals surface area contributed by atoms with Crippen molar-refractivity contribution >= 4 is 27.8 Å². The first-order chi connectivity index (χ1) is 10.4. The Morgan fingerprint density at radius 1 is 1.36 bits per heavy atom. The minimum absolute atomic E-state index is 0.219. The molecule has 0 fully saturated rings. The molecule has 9 heteroatoms. The molecule has 0 aliphatic carbocycles. The lowest BCUT2D eigenvalue weighted by Crippen LogP contribution is -2.30. The van der Waals surface area contributed by atoms with Crippen molar-refractivity contribution in [1.29, 1.82) is 0 Å². The fraction of sp³-hybridized carbons (Fsp3) is 0.385. The van der Waals surface area contributed by atoms with Gasteiger partial charge in [-0.15, -0.1) is 0 Å². The highest BCUT2D eigenvalue weighted by molar-refractivity contribution is 9.10. The van der Waals surface area contributed by atoms with E-state index in [1.54, 1.807) is 4.68 Å². The number of aliphatic carboxylic acids is 1. The lowest BCUT2D eigenvalue weighted by Gasteiger charge is -2.08. The molecule has 8 nitrogen and oxygen atoms in total. The van der Waals surface area contributed by atoms with Crippen molar-refractivity contribution in [1.82, 2.24) is 24.9 Å². The first-order valence-electron chi connectivity index (χ1n) is 6.61. The predicted molar refractivity (Wildman–Crippen MR) is 81.6 cm³/mol. The number of carboxylic acid groups (broad SMARTS) is 1. The third-order valence-corrected chi connectivity index (χ3v) is 4.28. The molecule has 0 spiro atoms. The molecule has 0 aromatic carbocycles. The monoisotopic (exact) mass is 369 g/mol. The largest absolute Gasteiger partial charge is 0.480 e. The van der Waals surface area contributed by atoms with E-state index >= 15 is 0 Å². The molecule has 2 rings (SSSR count). The summed E-state index contributed by atoms with van der Waals surface area (Å²) in [5.41, 5.74) is 2.10. The number of hydrogen-bond acceptors (Lipinski definition) is 4. The summed E-state index contributed by atoms with van der Waals surface area (Å²) in [6.45, 7) is 4.40. The van der Waals surface area contributed by atoms with Gasteiger partial charge in [-0.25, -0.2) is 4.68 Å². The quantitative estimate of drug-likeness (QED) is 0.789. The van der Waals surface area contributed by atoms with Crippen LogP contribution in [0.2, 0.25) is 0 Å². The maximum absolute atomic E-state index is 12.1. The molecule has 0 aliphatic rings. The lowest BCUT2D eigenvalue weighted by molar-refractivity contribution is -0.137. The van der Waals surface area contributed by atoms with Gasteiger partial charge in [0.1, 0.15) is 12.2 Å². The molecule has 0 atom stereocenters. The topological polar surface area (TPSA) is 102 Å². The van der Waals surface area contributed by atoms with Crippen LogP contribution in [-0.2, 0) is 17.9 Å². The second-order valence-corrected chi connectivity index (χ2v) is 5.52. The minimum atomic E-state index is -1.05. The van der Waals surface area contributed by atoms with Crippen LogP contribution in [0.3, 0.4) is 0 Å². The normalized spacial score (nSPS) is 10.7. The van der Waals surface area contributed by atoms with Crippen molar-refractivity contribution in [2.45, 2.75) is 26.9 Å². The number of aromatic nitrogens is 4. The van der Waals surface area contributed by atoms with E-state index in [4.69, 9.17) is 5.11 Å². The molecule has 0 aliphatic heterocycles. The lowest BCUT2D eigenvalue weighted by atomic mass is 10.4. The number of aryl methyl sites for hydroxylation is 1. The molecule has 0 bridgehead atoms. The molecule has 0 unspecified atom stereocenters. The van der Waals surface area contributed by atoms with E-state index in [9.17, 15) is 9.59 Å². The van der Waals surface area contributed by atoms with Crippen LogP contribution in [0, 0.1) is 13.8 Å². The number of nitrogens with one attached hydrogen (secondary N) is 1. The zero-order chi connectivity index (χ0) is 16.3. The van der Waals surface area contributed by atoms with Crippen LogP contribution in [0.15, 0.2) is 16.7 Å². The third kappa shape index (κ3) is 3.53. The highest BCUT2D eigenvalue weighted by Crippen LogP contribution is 2.19. The predicted octanol–water partition coefficient (Wildman–Crippen LogP) is 0.974. The first-order valence-corrected chi connectivity index (χ1v) is 7.40. The van der Waals surface area contributed by atoms with E-state index in [0.717, 1.165) is 20.5 Å². The summed E-state index contributed by atoms with van der Waals surface area (Å²) in [7, 11) is 0. The highest BCUT2D eigenvalue weighted by atomic mass is 79.9. The number of nitrogens with zero attached hydrogens (tertiary/aromatic N) is 4. The third-order valence-electron chi connectivity index (χ3n) is 3.14. The smallest absolute Gasteiger partial charge is 0.325 e. The second-order valence-electron chi connectivity index (χ2n) is 4.73. The fourth-order valence-electron chi connectivity index (χ4n) is 2.04. The fourth-order valence-corrected chi connectivity index (χ4v) is 2.32. The number of carbonyl (C=O) groups excluding carboxylic acids is 1. The molecular formula is C13H16BrN5O3. The van der Waals surface area contributed by atoms with Gasteiger partial charge in [-0.2, -0.15) is 10.2 Å². The minimum Gasteiger partial charge on any atom is -0.480 e. The van der Waals surface area contributed by atoms with Crippen LogP contribution < -0.4 is 5.32 Å². The zero-order valence-corrected chi connectivity index (χ0v) is 13.8. The number of amides is 1. The molecule has 2 N–H and O–H groups in total. The molecule has 0 saturated heterocycles. The SMILES string of the molecule is Cc1nn(CCNC(=O)c2ccnn2CC(=O)O)c(C)c1Br. The van der Waals surface area contributed by atoms with Crippen molar-refractivity contribution in [3.8, 4) is 0 Å². The summed E-state index contributed by atoms with van der Waals surface area (Å²) >= 11 is 3.45. The van der Waals surface area contributed by atoms with Crippen molar-refractivity contribution in [3.63, 3.8) is 0 Å². The van der Waals surface area contributed by atoms with Crippen molar-refractivity contribution in [3.05, 3.63) is 33.8 Å². The summed E-state index contributed by atoms with van der Waals surface area (Å²) in [4.78, 5) is 22.8. The number of hydrogen-bond donors (Lipinski definition) is 2. The standard InChI is InChI=1S/C13H16BrN5O3/c1-8-12(14)9(2)18(17-8)6-5-15-13(22)10-3-4-16-19(10)7-11(20)21/h3-4H,5-7H2,1-2H3,(H,15,22)(H,20,21). The summed E-state index contributed by atoms with van der Waals surface area (Å²) < 4.78 is 3.91. The van der Waals surface area contributed by atoms with E-state index in [-0.39, 0.29) is 18.1 Å². The maximum atomic E-state index is 12.1. The zero-order valence-electron chi connectivity index (χ0n) is 12.2. The summed E-state index contributed by atoms with van der Waals surface area (Å²) in [5, 5.41) is 19.7. The molecule has 2 aromatic rings. The molecule has 2 aromatic heterocycles. The van der Waals surface area contributed by atoms with Gasteiger partial charge in [-0.05, 0) is 35.8 Å². The molecule has 0 radical (unpaired) electrons. The highest BCUT2D eigenvalue weighted by Gasteiger charge is 2.14. The Labute approximate surface area is 135 Å². The molecule has 118 valence electrons. The van der Waals surface area contributed by atoms with Gasteiger partial charge in [0, 0.05) is 18.4 Å². The van der Waals surface area contributed by atoms with E-state index in [0.29, 0.717) is 13.1 Å². The number of halogens is 1. The Balaban J connectivity index is 1.94. The van der Waals surface area contributed by atoms with E-state index < -0.39 is 5.97 Å². The van der Waals surface area contributed by atoms with Crippen LogP contribution in [0.4, 0.5) is 0 Å². The molecule has 22 heavy (non-hydrogen) atoms. The Kier molecular flexibility index (Phi) is 4.96. The Morgan fingerprint density at radius 3 is 2.68 bits per heavy atom. The van der Waals surface area contributed by atoms with E-state index in [2.05, 4.69) is 31.4 Å². The van der Waals surface area contributed by atoms with Crippen molar-refractivity contribution in [2.75, 3.05) is 6.54 Å². The van der Waals surface area contributed by atoms with Gasteiger partial charge < -0.3 is 10.4 Å². The van der Waals surface area contributed by atoms with Gasteiger partial charge in [0.25, 0.3) is 5.91 Å². The van der Waals surface area contributed by atoms with Gasteiger partial charge in [0.05, 0.1) is 16.7 Å². The van der Waals surface area contributed by atoms with E-state index in [1.807, 2.05) is 13.8 Å². The van der Waals surface area contributed by atoms with Crippen LogP contribution in [-0.4, -0.2) is 43.1 Å². The van der Waals surface area contributed by atoms with Gasteiger partial charge >= 0.3 is 5.97 Å².